The number of hydrogen-bond donors (Lipinski definition) is 2. The zero-order valence-corrected chi connectivity index (χ0v) is 8.73. The van der Waals surface area contributed by atoms with E-state index in [9.17, 15) is 4.79 Å². The van der Waals surface area contributed by atoms with Gasteiger partial charge in [0.2, 0.25) is 0 Å². The highest BCUT2D eigenvalue weighted by atomic mass is 16.3. The van der Waals surface area contributed by atoms with Crippen LogP contribution in [0.15, 0.2) is 35.1 Å². The van der Waals surface area contributed by atoms with Crippen LogP contribution in [-0.2, 0) is 0 Å². The van der Waals surface area contributed by atoms with E-state index >= 15 is 0 Å². The van der Waals surface area contributed by atoms with Gasteiger partial charge in [-0.25, -0.2) is 10.8 Å². The van der Waals surface area contributed by atoms with E-state index in [0.717, 1.165) is 11.1 Å². The number of carbonyl (C=O) groups excluding carboxylic acids is 1. The summed E-state index contributed by atoms with van der Waals surface area (Å²) in [5.74, 6) is 5.03. The van der Waals surface area contributed by atoms with E-state index in [1.54, 1.807) is 0 Å². The summed E-state index contributed by atoms with van der Waals surface area (Å²) in [6, 6.07) is 7.58. The third-order valence-electron chi connectivity index (χ3n) is 2.30. The van der Waals surface area contributed by atoms with Crippen molar-refractivity contribution in [2.75, 3.05) is 0 Å². The van der Waals surface area contributed by atoms with Gasteiger partial charge in [-0.2, -0.15) is 0 Å². The van der Waals surface area contributed by atoms with E-state index in [1.165, 1.54) is 6.39 Å². The Labute approximate surface area is 92.3 Å². The second-order valence-corrected chi connectivity index (χ2v) is 3.32. The molecule has 82 valence electrons. The number of aromatic nitrogens is 1. The van der Waals surface area contributed by atoms with Gasteiger partial charge in [-0.05, 0) is 12.5 Å². The van der Waals surface area contributed by atoms with Crippen LogP contribution in [0.4, 0.5) is 0 Å². The molecule has 0 saturated heterocycles. The summed E-state index contributed by atoms with van der Waals surface area (Å²) >= 11 is 0. The Bertz CT molecular complexity index is 519. The molecule has 1 aromatic carbocycles. The van der Waals surface area contributed by atoms with Crippen molar-refractivity contribution in [3.8, 4) is 11.3 Å². The zero-order chi connectivity index (χ0) is 11.5. The topological polar surface area (TPSA) is 81.2 Å². The van der Waals surface area contributed by atoms with E-state index in [0.29, 0.717) is 5.76 Å². The number of benzene rings is 1. The number of hydrogen-bond acceptors (Lipinski definition) is 4. The van der Waals surface area contributed by atoms with E-state index in [4.69, 9.17) is 10.3 Å². The van der Waals surface area contributed by atoms with E-state index in [-0.39, 0.29) is 5.69 Å². The van der Waals surface area contributed by atoms with Crippen LogP contribution >= 0.6 is 0 Å². The molecule has 1 aromatic heterocycles. The average Bonchev–Trinajstić information content (AvgIpc) is 2.77. The predicted molar refractivity (Wildman–Crippen MR) is 58.3 cm³/mol. The number of carbonyl (C=O) groups is 1. The number of nitrogen functional groups attached to an aromatic ring is 1. The van der Waals surface area contributed by atoms with Crippen molar-refractivity contribution in [2.24, 2.45) is 5.84 Å². The fraction of sp³-hybridized carbons (Fsp3) is 0.0909. The summed E-state index contributed by atoms with van der Waals surface area (Å²) in [5.41, 5.74) is 4.06. The lowest BCUT2D eigenvalue weighted by molar-refractivity contribution is 0.0949. The van der Waals surface area contributed by atoms with Gasteiger partial charge in [-0.1, -0.05) is 24.3 Å². The molecule has 1 amide bonds. The number of oxazole rings is 1. The molecule has 0 atom stereocenters. The average molecular weight is 217 g/mol. The smallest absolute Gasteiger partial charge is 0.287 e. The van der Waals surface area contributed by atoms with Gasteiger partial charge in [0.15, 0.2) is 17.8 Å². The van der Waals surface area contributed by atoms with E-state index < -0.39 is 5.91 Å². The lowest BCUT2D eigenvalue weighted by Gasteiger charge is -2.03. The van der Waals surface area contributed by atoms with Crippen LogP contribution in [-0.4, -0.2) is 10.9 Å². The zero-order valence-electron chi connectivity index (χ0n) is 8.73. The van der Waals surface area contributed by atoms with Gasteiger partial charge < -0.3 is 4.42 Å². The minimum absolute atomic E-state index is 0.191. The fourth-order valence-electron chi connectivity index (χ4n) is 1.50. The monoisotopic (exact) mass is 217 g/mol. The van der Waals surface area contributed by atoms with Gasteiger partial charge in [0, 0.05) is 5.56 Å². The minimum atomic E-state index is -0.466. The highest BCUT2D eigenvalue weighted by Crippen LogP contribution is 2.25. The summed E-state index contributed by atoms with van der Waals surface area (Å²) in [6.07, 6.45) is 1.23. The molecular formula is C11H11N3O2. The Balaban J connectivity index is 2.53. The molecule has 0 radical (unpaired) electrons. The highest BCUT2D eigenvalue weighted by molar-refractivity contribution is 5.97. The van der Waals surface area contributed by atoms with Crippen molar-refractivity contribution in [3.05, 3.63) is 41.9 Å². The van der Waals surface area contributed by atoms with Gasteiger partial charge >= 0.3 is 0 Å². The summed E-state index contributed by atoms with van der Waals surface area (Å²) in [6.45, 7) is 1.93. The van der Waals surface area contributed by atoms with Crippen LogP contribution in [0.5, 0.6) is 0 Å². The Hall–Kier alpha value is -2.14. The third-order valence-corrected chi connectivity index (χ3v) is 2.30. The summed E-state index contributed by atoms with van der Waals surface area (Å²) in [5, 5.41) is 0. The third kappa shape index (κ3) is 1.68. The van der Waals surface area contributed by atoms with Crippen molar-refractivity contribution in [2.45, 2.75) is 6.92 Å². The number of aryl methyl sites for hydroxylation is 1. The standard InChI is InChI=1S/C11H11N3O2/c1-7-4-2-3-5-8(7)10-9(11(15)14-12)13-6-16-10/h2-6H,12H2,1H3,(H,14,15). The maximum absolute atomic E-state index is 11.4. The van der Waals surface area contributed by atoms with Crippen molar-refractivity contribution < 1.29 is 9.21 Å². The largest absolute Gasteiger partial charge is 0.443 e. The van der Waals surface area contributed by atoms with Crippen LogP contribution in [0.1, 0.15) is 16.1 Å². The molecule has 0 saturated carbocycles. The molecule has 3 N–H and O–H groups in total. The Morgan fingerprint density at radius 1 is 1.44 bits per heavy atom. The molecule has 0 spiro atoms. The molecular weight excluding hydrogens is 206 g/mol. The molecule has 0 aliphatic rings. The molecule has 1 heterocycles. The number of nitrogens with two attached hydrogens (primary N) is 1. The lowest BCUT2D eigenvalue weighted by Crippen LogP contribution is -2.30. The number of rotatable bonds is 2. The summed E-state index contributed by atoms with van der Waals surface area (Å²) < 4.78 is 5.23. The normalized spacial score (nSPS) is 10.1. The van der Waals surface area contributed by atoms with Crippen molar-refractivity contribution >= 4 is 5.91 Å². The quantitative estimate of drug-likeness (QED) is 0.450. The second-order valence-electron chi connectivity index (χ2n) is 3.32. The first-order chi connectivity index (χ1) is 7.74. The molecule has 5 heteroatoms. The number of hydrazine groups is 1. The van der Waals surface area contributed by atoms with Gasteiger partial charge in [-0.3, -0.25) is 10.2 Å². The fourth-order valence-corrected chi connectivity index (χ4v) is 1.50. The first-order valence-electron chi connectivity index (χ1n) is 4.74. The minimum Gasteiger partial charge on any atom is -0.443 e. The van der Waals surface area contributed by atoms with Crippen LogP contribution in [0.2, 0.25) is 0 Å². The Kier molecular flexibility index (Phi) is 2.70. The molecule has 0 aliphatic heterocycles. The highest BCUT2D eigenvalue weighted by Gasteiger charge is 2.18. The van der Waals surface area contributed by atoms with E-state index in [1.807, 2.05) is 36.6 Å². The summed E-state index contributed by atoms with van der Waals surface area (Å²) in [7, 11) is 0. The van der Waals surface area contributed by atoms with Crippen LogP contribution in [0, 0.1) is 6.92 Å². The number of amides is 1. The number of nitrogens with zero attached hydrogens (tertiary/aromatic N) is 1. The summed E-state index contributed by atoms with van der Waals surface area (Å²) in [4.78, 5) is 15.3. The van der Waals surface area contributed by atoms with Gasteiger partial charge in [0.05, 0.1) is 0 Å². The van der Waals surface area contributed by atoms with Gasteiger partial charge in [-0.15, -0.1) is 0 Å². The predicted octanol–water partition coefficient (Wildman–Crippen LogP) is 1.25. The maximum Gasteiger partial charge on any atom is 0.287 e. The number of nitrogens with one attached hydrogen (secondary N) is 1. The molecule has 0 bridgehead atoms. The molecule has 2 rings (SSSR count). The molecule has 0 aliphatic carbocycles. The molecule has 5 nitrogen and oxygen atoms in total. The van der Waals surface area contributed by atoms with Gasteiger partial charge in [0.1, 0.15) is 0 Å². The van der Waals surface area contributed by atoms with Crippen LogP contribution in [0.25, 0.3) is 11.3 Å². The van der Waals surface area contributed by atoms with Crippen LogP contribution < -0.4 is 11.3 Å². The van der Waals surface area contributed by atoms with Gasteiger partial charge in [0.25, 0.3) is 5.91 Å². The Morgan fingerprint density at radius 2 is 2.19 bits per heavy atom. The lowest BCUT2D eigenvalue weighted by atomic mass is 10.1. The molecule has 16 heavy (non-hydrogen) atoms. The maximum atomic E-state index is 11.4. The van der Waals surface area contributed by atoms with Crippen molar-refractivity contribution in [3.63, 3.8) is 0 Å². The molecule has 0 unspecified atom stereocenters. The first kappa shape index (κ1) is 10.4. The first-order valence-corrected chi connectivity index (χ1v) is 4.74. The van der Waals surface area contributed by atoms with Crippen molar-refractivity contribution in [1.82, 2.24) is 10.4 Å². The Morgan fingerprint density at radius 3 is 2.88 bits per heavy atom. The van der Waals surface area contributed by atoms with Crippen molar-refractivity contribution in [1.29, 1.82) is 0 Å². The second kappa shape index (κ2) is 4.16. The van der Waals surface area contributed by atoms with Crippen LogP contribution in [0.3, 0.4) is 0 Å². The molecule has 2 aromatic rings. The van der Waals surface area contributed by atoms with E-state index in [2.05, 4.69) is 4.98 Å². The molecule has 0 fully saturated rings. The SMILES string of the molecule is Cc1ccccc1-c1ocnc1C(=O)NN.